The largest absolute Gasteiger partial charge is 0.482 e. The maximum atomic E-state index is 13.0. The fourth-order valence-corrected chi connectivity index (χ4v) is 3.17. The van der Waals surface area contributed by atoms with Crippen molar-refractivity contribution in [3.05, 3.63) is 90.0 Å². The number of rotatable bonds is 5. The van der Waals surface area contributed by atoms with Crippen molar-refractivity contribution in [3.63, 3.8) is 0 Å². The van der Waals surface area contributed by atoms with Crippen LogP contribution in [0.3, 0.4) is 0 Å². The maximum Gasteiger partial charge on any atom is 0.322 e. The molecule has 1 aliphatic heterocycles. The number of ether oxygens (including phenoxy) is 1. The lowest BCUT2D eigenvalue weighted by Crippen LogP contribution is -2.34. The predicted octanol–water partition coefficient (Wildman–Crippen LogP) is 4.25. The highest BCUT2D eigenvalue weighted by Gasteiger charge is 2.18. The number of amides is 3. The van der Waals surface area contributed by atoms with Crippen molar-refractivity contribution in [2.45, 2.75) is 13.1 Å². The van der Waals surface area contributed by atoms with Gasteiger partial charge in [0.25, 0.3) is 5.91 Å². The van der Waals surface area contributed by atoms with Crippen molar-refractivity contribution >= 4 is 23.3 Å². The van der Waals surface area contributed by atoms with Crippen LogP contribution in [0.2, 0.25) is 0 Å². The van der Waals surface area contributed by atoms with Gasteiger partial charge < -0.3 is 20.3 Å². The molecule has 0 aromatic heterocycles. The van der Waals surface area contributed by atoms with Gasteiger partial charge >= 0.3 is 6.03 Å². The number of hydrogen-bond donors (Lipinski definition) is 2. The van der Waals surface area contributed by atoms with Crippen molar-refractivity contribution in [3.8, 4) is 5.75 Å². The van der Waals surface area contributed by atoms with Gasteiger partial charge in [-0.05, 0) is 29.3 Å². The zero-order valence-electron chi connectivity index (χ0n) is 15.8. The quantitative estimate of drug-likeness (QED) is 0.687. The molecule has 3 amide bonds. The van der Waals surface area contributed by atoms with Gasteiger partial charge in [0, 0.05) is 18.8 Å². The molecule has 1 heterocycles. The van der Waals surface area contributed by atoms with E-state index in [-0.39, 0.29) is 18.5 Å². The molecule has 0 unspecified atom stereocenters. The number of anilines is 2. The van der Waals surface area contributed by atoms with E-state index in [0.717, 1.165) is 11.1 Å². The lowest BCUT2D eigenvalue weighted by Gasteiger charge is -2.24. The second-order valence-electron chi connectivity index (χ2n) is 6.81. The summed E-state index contributed by atoms with van der Waals surface area (Å²) in [6.07, 6.45) is 0. The minimum absolute atomic E-state index is 0.000630. The Morgan fingerprint density at radius 3 is 2.17 bits per heavy atom. The van der Waals surface area contributed by atoms with Crippen molar-refractivity contribution in [2.24, 2.45) is 0 Å². The van der Waals surface area contributed by atoms with E-state index in [4.69, 9.17) is 4.74 Å². The normalized spacial score (nSPS) is 12.3. The highest BCUT2D eigenvalue weighted by Crippen LogP contribution is 2.30. The van der Waals surface area contributed by atoms with Gasteiger partial charge in [0.15, 0.2) is 6.61 Å². The van der Waals surface area contributed by atoms with Crippen LogP contribution in [0.4, 0.5) is 16.2 Å². The molecule has 29 heavy (non-hydrogen) atoms. The molecule has 146 valence electrons. The van der Waals surface area contributed by atoms with Crippen LogP contribution in [-0.4, -0.2) is 23.4 Å². The van der Waals surface area contributed by atoms with E-state index < -0.39 is 0 Å². The van der Waals surface area contributed by atoms with Crippen molar-refractivity contribution < 1.29 is 14.3 Å². The molecule has 0 atom stereocenters. The first kappa shape index (κ1) is 18.6. The Morgan fingerprint density at radius 1 is 0.931 bits per heavy atom. The number of hydrogen-bond acceptors (Lipinski definition) is 3. The molecule has 0 fully saturated rings. The van der Waals surface area contributed by atoms with Crippen molar-refractivity contribution in [1.82, 2.24) is 4.90 Å². The molecule has 0 spiro atoms. The van der Waals surface area contributed by atoms with Crippen LogP contribution in [0.5, 0.6) is 5.75 Å². The highest BCUT2D eigenvalue weighted by molar-refractivity contribution is 5.97. The molecule has 6 nitrogen and oxygen atoms in total. The van der Waals surface area contributed by atoms with Gasteiger partial charge in [0.1, 0.15) is 5.75 Å². The lowest BCUT2D eigenvalue weighted by molar-refractivity contribution is -0.118. The SMILES string of the molecule is O=C1COc2ccc(NC(=O)N(Cc3ccccc3)Cc3ccccc3)cc2N1. The van der Waals surface area contributed by atoms with Gasteiger partial charge in [-0.3, -0.25) is 4.79 Å². The molecule has 0 bridgehead atoms. The zero-order chi connectivity index (χ0) is 20.1. The minimum atomic E-state index is -0.222. The number of carbonyl (C=O) groups is 2. The molecule has 3 aromatic carbocycles. The zero-order valence-corrected chi connectivity index (χ0v) is 15.8. The Labute approximate surface area is 169 Å². The van der Waals surface area contributed by atoms with Gasteiger partial charge in [-0.2, -0.15) is 0 Å². The van der Waals surface area contributed by atoms with Crippen molar-refractivity contribution in [2.75, 3.05) is 17.2 Å². The van der Waals surface area contributed by atoms with E-state index in [1.54, 1.807) is 23.1 Å². The van der Waals surface area contributed by atoms with Crippen LogP contribution in [0.25, 0.3) is 0 Å². The lowest BCUT2D eigenvalue weighted by atomic mass is 10.2. The van der Waals surface area contributed by atoms with E-state index in [0.29, 0.717) is 30.2 Å². The summed E-state index contributed by atoms with van der Waals surface area (Å²) in [6.45, 7) is 0.958. The summed E-state index contributed by atoms with van der Waals surface area (Å²) in [4.78, 5) is 26.3. The van der Waals surface area contributed by atoms with E-state index in [9.17, 15) is 9.59 Å². The summed E-state index contributed by atoms with van der Waals surface area (Å²) in [6, 6.07) is 24.7. The molecular formula is C23H21N3O3. The number of fused-ring (bicyclic) bond motifs is 1. The highest BCUT2D eigenvalue weighted by atomic mass is 16.5. The molecule has 1 aliphatic rings. The minimum Gasteiger partial charge on any atom is -0.482 e. The van der Waals surface area contributed by atoms with E-state index in [1.807, 2.05) is 60.7 Å². The Morgan fingerprint density at radius 2 is 1.55 bits per heavy atom. The Bertz CT molecular complexity index is 965. The molecule has 0 aliphatic carbocycles. The maximum absolute atomic E-state index is 13.0. The monoisotopic (exact) mass is 387 g/mol. The molecular weight excluding hydrogens is 366 g/mol. The predicted molar refractivity (Wildman–Crippen MR) is 112 cm³/mol. The number of nitrogens with zero attached hydrogens (tertiary/aromatic N) is 1. The van der Waals surface area contributed by atoms with Crippen LogP contribution in [0.15, 0.2) is 78.9 Å². The third-order valence-electron chi connectivity index (χ3n) is 4.58. The topological polar surface area (TPSA) is 70.7 Å². The van der Waals surface area contributed by atoms with Gasteiger partial charge in [-0.1, -0.05) is 60.7 Å². The first-order chi connectivity index (χ1) is 14.2. The molecule has 0 radical (unpaired) electrons. The average Bonchev–Trinajstić information content (AvgIpc) is 2.74. The molecule has 6 heteroatoms. The second kappa shape index (κ2) is 8.48. The molecule has 3 aromatic rings. The van der Waals surface area contributed by atoms with E-state index in [2.05, 4.69) is 10.6 Å². The molecule has 2 N–H and O–H groups in total. The standard InChI is InChI=1S/C23H21N3O3/c27-22-16-29-21-12-11-19(13-20(21)25-22)24-23(28)26(14-17-7-3-1-4-8-17)15-18-9-5-2-6-10-18/h1-13H,14-16H2,(H,24,28)(H,25,27). The summed E-state index contributed by atoms with van der Waals surface area (Å²) in [5.41, 5.74) is 3.23. The first-order valence-corrected chi connectivity index (χ1v) is 9.38. The summed E-state index contributed by atoms with van der Waals surface area (Å²) in [5.74, 6) is 0.379. The summed E-state index contributed by atoms with van der Waals surface area (Å²) >= 11 is 0. The Balaban J connectivity index is 1.53. The number of benzene rings is 3. The van der Waals surface area contributed by atoms with Crippen LogP contribution in [0.1, 0.15) is 11.1 Å². The van der Waals surface area contributed by atoms with Crippen LogP contribution >= 0.6 is 0 Å². The van der Waals surface area contributed by atoms with Gasteiger partial charge in [-0.25, -0.2) is 4.79 Å². The summed E-state index contributed by atoms with van der Waals surface area (Å²) < 4.78 is 5.37. The molecule has 4 rings (SSSR count). The number of carbonyl (C=O) groups excluding carboxylic acids is 2. The van der Waals surface area contributed by atoms with Gasteiger partial charge in [0.05, 0.1) is 5.69 Å². The number of nitrogens with one attached hydrogen (secondary N) is 2. The van der Waals surface area contributed by atoms with Crippen LogP contribution in [-0.2, 0) is 17.9 Å². The third kappa shape index (κ3) is 4.73. The smallest absolute Gasteiger partial charge is 0.322 e. The molecule has 0 saturated carbocycles. The second-order valence-corrected chi connectivity index (χ2v) is 6.81. The first-order valence-electron chi connectivity index (χ1n) is 9.38. The van der Waals surface area contributed by atoms with Crippen molar-refractivity contribution in [1.29, 1.82) is 0 Å². The van der Waals surface area contributed by atoms with E-state index in [1.165, 1.54) is 0 Å². The van der Waals surface area contributed by atoms with Crippen LogP contribution < -0.4 is 15.4 Å². The number of urea groups is 1. The Kier molecular flexibility index (Phi) is 5.42. The van der Waals surface area contributed by atoms with E-state index >= 15 is 0 Å². The van der Waals surface area contributed by atoms with Gasteiger partial charge in [0.2, 0.25) is 0 Å². The fraction of sp³-hybridized carbons (Fsp3) is 0.130. The summed E-state index contributed by atoms with van der Waals surface area (Å²) in [5, 5.41) is 5.68. The summed E-state index contributed by atoms with van der Waals surface area (Å²) in [7, 11) is 0. The third-order valence-corrected chi connectivity index (χ3v) is 4.58. The fourth-order valence-electron chi connectivity index (χ4n) is 3.17. The average molecular weight is 387 g/mol. The Hall–Kier alpha value is -3.80. The van der Waals surface area contributed by atoms with Gasteiger partial charge in [-0.15, -0.1) is 0 Å². The molecule has 0 saturated heterocycles. The van der Waals surface area contributed by atoms with Crippen LogP contribution in [0, 0.1) is 0 Å².